The molecule has 1 aromatic heterocycles. The first kappa shape index (κ1) is 16.1. The fourth-order valence-electron chi connectivity index (χ4n) is 3.82. The summed E-state index contributed by atoms with van der Waals surface area (Å²) in [5, 5.41) is 9.62. The maximum atomic E-state index is 9.62. The van der Waals surface area contributed by atoms with Gasteiger partial charge in [0.1, 0.15) is 5.82 Å². The second kappa shape index (κ2) is 7.23. The fourth-order valence-corrected chi connectivity index (χ4v) is 3.82. The summed E-state index contributed by atoms with van der Waals surface area (Å²) in [6.45, 7) is 5.04. The van der Waals surface area contributed by atoms with Crippen LogP contribution in [0.2, 0.25) is 0 Å². The molecule has 4 rings (SSSR count). The number of nitrogens with zero attached hydrogens (tertiary/aromatic N) is 4. The smallest absolute Gasteiger partial charge is 0.227 e. The third kappa shape index (κ3) is 3.49. The summed E-state index contributed by atoms with van der Waals surface area (Å²) in [5.74, 6) is 2.22. The summed E-state index contributed by atoms with van der Waals surface area (Å²) < 4.78 is 5.56. The number of aromatic nitrogens is 2. The Balaban J connectivity index is 1.60. The van der Waals surface area contributed by atoms with Gasteiger partial charge in [-0.1, -0.05) is 19.3 Å². The van der Waals surface area contributed by atoms with E-state index in [0.29, 0.717) is 19.0 Å². The van der Waals surface area contributed by atoms with Crippen molar-refractivity contribution in [3.8, 4) is 0 Å². The standard InChI is InChI=1S/C18H28N4O2/c23-15-11-22(12-15)18-19-16(14-6-9-24-13-14)10-17(20-18)21-7-4-2-1-3-5-8-21/h10,14-15,23H,1-9,11-13H2/t14-/m1/s1. The highest BCUT2D eigenvalue weighted by molar-refractivity contribution is 5.48. The Morgan fingerprint density at radius 3 is 2.42 bits per heavy atom. The molecule has 0 amide bonds. The van der Waals surface area contributed by atoms with Gasteiger partial charge in [-0.05, 0) is 19.3 Å². The van der Waals surface area contributed by atoms with Crippen molar-refractivity contribution in [1.82, 2.24) is 9.97 Å². The van der Waals surface area contributed by atoms with Gasteiger partial charge in [-0.15, -0.1) is 0 Å². The van der Waals surface area contributed by atoms with E-state index >= 15 is 0 Å². The number of ether oxygens (including phenoxy) is 1. The SMILES string of the molecule is OC1CN(c2nc([C@@H]3CCOC3)cc(N3CCCCCCC3)n2)C1. The molecule has 6 heteroatoms. The van der Waals surface area contributed by atoms with Crippen LogP contribution in [0, 0.1) is 0 Å². The fraction of sp³-hybridized carbons (Fsp3) is 0.778. The lowest BCUT2D eigenvalue weighted by molar-refractivity contribution is 0.140. The molecule has 1 aromatic rings. The van der Waals surface area contributed by atoms with Crippen LogP contribution in [-0.2, 0) is 4.74 Å². The number of rotatable bonds is 3. The van der Waals surface area contributed by atoms with Gasteiger partial charge < -0.3 is 19.6 Å². The van der Waals surface area contributed by atoms with Crippen LogP contribution < -0.4 is 9.80 Å². The van der Waals surface area contributed by atoms with Crippen molar-refractivity contribution in [3.05, 3.63) is 11.8 Å². The molecule has 3 aliphatic heterocycles. The minimum absolute atomic E-state index is 0.239. The van der Waals surface area contributed by atoms with Gasteiger partial charge in [-0.2, -0.15) is 4.98 Å². The van der Waals surface area contributed by atoms with E-state index in [4.69, 9.17) is 14.7 Å². The van der Waals surface area contributed by atoms with Gasteiger partial charge in [0.05, 0.1) is 18.4 Å². The molecule has 3 fully saturated rings. The van der Waals surface area contributed by atoms with E-state index in [2.05, 4.69) is 15.9 Å². The van der Waals surface area contributed by atoms with Gasteiger partial charge >= 0.3 is 0 Å². The first-order valence-electron chi connectivity index (χ1n) is 9.44. The van der Waals surface area contributed by atoms with E-state index in [1.807, 2.05) is 0 Å². The molecule has 0 radical (unpaired) electrons. The van der Waals surface area contributed by atoms with Crippen LogP contribution in [0.15, 0.2) is 6.07 Å². The minimum atomic E-state index is -0.239. The number of hydrogen-bond donors (Lipinski definition) is 1. The summed E-state index contributed by atoms with van der Waals surface area (Å²) in [5.41, 5.74) is 1.11. The van der Waals surface area contributed by atoms with Gasteiger partial charge in [-0.3, -0.25) is 0 Å². The molecule has 0 aliphatic carbocycles. The molecule has 6 nitrogen and oxygen atoms in total. The van der Waals surface area contributed by atoms with Gasteiger partial charge in [0, 0.05) is 44.8 Å². The Morgan fingerprint density at radius 1 is 1.00 bits per heavy atom. The molecular formula is C18H28N4O2. The predicted molar refractivity (Wildman–Crippen MR) is 93.7 cm³/mol. The second-order valence-corrected chi connectivity index (χ2v) is 7.33. The molecule has 132 valence electrons. The maximum absolute atomic E-state index is 9.62. The van der Waals surface area contributed by atoms with E-state index in [1.54, 1.807) is 0 Å². The van der Waals surface area contributed by atoms with Crippen molar-refractivity contribution in [2.24, 2.45) is 0 Å². The maximum Gasteiger partial charge on any atom is 0.227 e. The molecule has 24 heavy (non-hydrogen) atoms. The molecule has 3 aliphatic rings. The van der Waals surface area contributed by atoms with Crippen LogP contribution in [0.5, 0.6) is 0 Å². The molecule has 1 atom stereocenters. The van der Waals surface area contributed by atoms with E-state index in [9.17, 15) is 5.11 Å². The van der Waals surface area contributed by atoms with Crippen molar-refractivity contribution < 1.29 is 9.84 Å². The number of β-amino-alcohol motifs (C(OH)–C–C–N with tert-alkyl or cyclic N) is 1. The van der Waals surface area contributed by atoms with Gasteiger partial charge in [0.15, 0.2) is 0 Å². The zero-order valence-corrected chi connectivity index (χ0v) is 14.4. The quantitative estimate of drug-likeness (QED) is 0.913. The number of aliphatic hydroxyl groups is 1. The Kier molecular flexibility index (Phi) is 4.85. The van der Waals surface area contributed by atoms with Crippen LogP contribution in [0.4, 0.5) is 11.8 Å². The molecule has 0 unspecified atom stereocenters. The van der Waals surface area contributed by atoms with E-state index in [0.717, 1.165) is 50.2 Å². The summed E-state index contributed by atoms with van der Waals surface area (Å²) in [7, 11) is 0. The second-order valence-electron chi connectivity index (χ2n) is 7.33. The lowest BCUT2D eigenvalue weighted by Crippen LogP contribution is -2.51. The lowest BCUT2D eigenvalue weighted by Gasteiger charge is -2.37. The topological polar surface area (TPSA) is 61.7 Å². The van der Waals surface area contributed by atoms with Crippen molar-refractivity contribution >= 4 is 11.8 Å². The summed E-state index contributed by atoms with van der Waals surface area (Å²) >= 11 is 0. The minimum Gasteiger partial charge on any atom is -0.389 e. The Morgan fingerprint density at radius 2 is 1.75 bits per heavy atom. The van der Waals surface area contributed by atoms with E-state index < -0.39 is 0 Å². The molecule has 0 saturated carbocycles. The van der Waals surface area contributed by atoms with E-state index in [-0.39, 0.29) is 6.10 Å². The average Bonchev–Trinajstić information content (AvgIpc) is 3.05. The summed E-state index contributed by atoms with van der Waals surface area (Å²) in [6, 6.07) is 2.18. The zero-order chi connectivity index (χ0) is 16.4. The largest absolute Gasteiger partial charge is 0.389 e. The number of aliphatic hydroxyl groups excluding tert-OH is 1. The molecule has 0 aromatic carbocycles. The van der Waals surface area contributed by atoms with Crippen LogP contribution in [-0.4, -0.2) is 60.6 Å². The third-order valence-electron chi connectivity index (χ3n) is 5.39. The molecule has 1 N–H and O–H groups in total. The first-order valence-corrected chi connectivity index (χ1v) is 9.44. The van der Waals surface area contributed by atoms with Crippen molar-refractivity contribution in [1.29, 1.82) is 0 Å². The lowest BCUT2D eigenvalue weighted by atomic mass is 10.0. The molecule has 0 spiro atoms. The zero-order valence-electron chi connectivity index (χ0n) is 14.4. The number of anilines is 2. The Hall–Kier alpha value is -1.40. The monoisotopic (exact) mass is 332 g/mol. The molecule has 3 saturated heterocycles. The average molecular weight is 332 g/mol. The Bertz CT molecular complexity index is 548. The third-order valence-corrected chi connectivity index (χ3v) is 5.39. The molecular weight excluding hydrogens is 304 g/mol. The molecule has 4 heterocycles. The summed E-state index contributed by atoms with van der Waals surface area (Å²) in [4.78, 5) is 14.2. The highest BCUT2D eigenvalue weighted by Gasteiger charge is 2.29. The predicted octanol–water partition coefficient (Wildman–Crippen LogP) is 1.93. The molecule has 0 bridgehead atoms. The first-order chi connectivity index (χ1) is 11.8. The van der Waals surface area contributed by atoms with Crippen molar-refractivity contribution in [3.63, 3.8) is 0 Å². The van der Waals surface area contributed by atoms with Crippen molar-refractivity contribution in [2.45, 2.75) is 50.5 Å². The van der Waals surface area contributed by atoms with Gasteiger partial charge in [-0.25, -0.2) is 4.98 Å². The van der Waals surface area contributed by atoms with Crippen LogP contribution in [0.25, 0.3) is 0 Å². The van der Waals surface area contributed by atoms with Crippen LogP contribution >= 0.6 is 0 Å². The highest BCUT2D eigenvalue weighted by Crippen LogP contribution is 2.30. The van der Waals surface area contributed by atoms with Crippen LogP contribution in [0.3, 0.4) is 0 Å². The van der Waals surface area contributed by atoms with Gasteiger partial charge in [0.25, 0.3) is 0 Å². The summed E-state index contributed by atoms with van der Waals surface area (Å²) in [6.07, 6.45) is 7.27. The van der Waals surface area contributed by atoms with Gasteiger partial charge in [0.2, 0.25) is 5.95 Å². The van der Waals surface area contributed by atoms with Crippen LogP contribution in [0.1, 0.15) is 50.1 Å². The number of hydrogen-bond acceptors (Lipinski definition) is 6. The normalized spacial score (nSPS) is 26.1. The Labute approximate surface area is 143 Å². The van der Waals surface area contributed by atoms with E-state index in [1.165, 1.54) is 32.1 Å². The van der Waals surface area contributed by atoms with Crippen molar-refractivity contribution in [2.75, 3.05) is 49.2 Å². The highest BCUT2D eigenvalue weighted by atomic mass is 16.5.